The zero-order chi connectivity index (χ0) is 12.4. The summed E-state index contributed by atoms with van der Waals surface area (Å²) in [5, 5.41) is 0.948. The Morgan fingerprint density at radius 2 is 2.18 bits per heavy atom. The number of ketones is 1. The molecule has 90 valence electrons. The van der Waals surface area contributed by atoms with E-state index >= 15 is 0 Å². The predicted molar refractivity (Wildman–Crippen MR) is 66.7 cm³/mol. The molecule has 0 saturated heterocycles. The van der Waals surface area contributed by atoms with E-state index < -0.39 is 0 Å². The number of benzene rings is 1. The maximum atomic E-state index is 11.4. The van der Waals surface area contributed by atoms with Crippen LogP contribution in [0.25, 0.3) is 11.0 Å². The van der Waals surface area contributed by atoms with Crippen molar-refractivity contribution in [3.05, 3.63) is 29.5 Å². The van der Waals surface area contributed by atoms with E-state index in [2.05, 4.69) is 6.92 Å². The third kappa shape index (κ3) is 2.05. The molecule has 2 aromatic rings. The van der Waals surface area contributed by atoms with Crippen LogP contribution in [-0.2, 0) is 0 Å². The number of furan rings is 1. The van der Waals surface area contributed by atoms with Crippen molar-refractivity contribution >= 4 is 16.8 Å². The minimum Gasteiger partial charge on any atom is -0.490 e. The van der Waals surface area contributed by atoms with Gasteiger partial charge in [0.25, 0.3) is 0 Å². The summed E-state index contributed by atoms with van der Waals surface area (Å²) in [7, 11) is 0. The zero-order valence-corrected chi connectivity index (χ0v) is 10.4. The van der Waals surface area contributed by atoms with Crippen LogP contribution >= 0.6 is 0 Å². The number of Topliss-reactive ketones (excluding diaryl/α,β-unsaturated/α-hetero) is 1. The summed E-state index contributed by atoms with van der Waals surface area (Å²) in [5.41, 5.74) is 1.55. The Morgan fingerprint density at radius 1 is 1.41 bits per heavy atom. The maximum Gasteiger partial charge on any atom is 0.195 e. The van der Waals surface area contributed by atoms with Crippen molar-refractivity contribution in [2.75, 3.05) is 6.61 Å². The van der Waals surface area contributed by atoms with Gasteiger partial charge in [-0.15, -0.1) is 0 Å². The number of hydrogen-bond acceptors (Lipinski definition) is 3. The van der Waals surface area contributed by atoms with Crippen LogP contribution in [0.4, 0.5) is 0 Å². The molecular weight excluding hydrogens is 216 g/mol. The first-order chi connectivity index (χ1) is 8.15. The number of fused-ring (bicyclic) bond motifs is 1. The van der Waals surface area contributed by atoms with Gasteiger partial charge in [-0.1, -0.05) is 19.1 Å². The van der Waals surface area contributed by atoms with Crippen LogP contribution in [-0.4, -0.2) is 12.4 Å². The van der Waals surface area contributed by atoms with Crippen molar-refractivity contribution in [1.82, 2.24) is 0 Å². The largest absolute Gasteiger partial charge is 0.490 e. The Labute approximate surface area is 100 Å². The van der Waals surface area contributed by atoms with Crippen molar-refractivity contribution in [3.63, 3.8) is 0 Å². The lowest BCUT2D eigenvalue weighted by Gasteiger charge is -2.04. The van der Waals surface area contributed by atoms with Gasteiger partial charge < -0.3 is 9.15 Å². The number of rotatable bonds is 4. The number of ether oxygens (including phenoxy) is 1. The van der Waals surface area contributed by atoms with E-state index in [4.69, 9.17) is 9.15 Å². The molecule has 0 radical (unpaired) electrons. The minimum atomic E-state index is -0.0554. The molecule has 0 saturated carbocycles. The molecule has 0 aliphatic carbocycles. The second kappa shape index (κ2) is 4.62. The average molecular weight is 232 g/mol. The first kappa shape index (κ1) is 11.7. The standard InChI is InChI=1S/C14H16O3/c1-4-8-16-12-7-5-6-11-9(2)13(10(3)15)17-14(11)12/h5-7H,4,8H2,1-3H3. The highest BCUT2D eigenvalue weighted by atomic mass is 16.5. The quantitative estimate of drug-likeness (QED) is 0.754. The van der Waals surface area contributed by atoms with Crippen molar-refractivity contribution in [1.29, 1.82) is 0 Å². The molecule has 2 rings (SSSR count). The molecule has 0 aliphatic rings. The fourth-order valence-corrected chi connectivity index (χ4v) is 1.88. The highest BCUT2D eigenvalue weighted by Crippen LogP contribution is 2.32. The molecule has 0 bridgehead atoms. The van der Waals surface area contributed by atoms with E-state index in [-0.39, 0.29) is 5.78 Å². The van der Waals surface area contributed by atoms with Gasteiger partial charge >= 0.3 is 0 Å². The molecule has 0 unspecified atom stereocenters. The zero-order valence-electron chi connectivity index (χ0n) is 10.4. The number of carbonyl (C=O) groups is 1. The van der Waals surface area contributed by atoms with E-state index in [9.17, 15) is 4.79 Å². The van der Waals surface area contributed by atoms with E-state index in [1.807, 2.05) is 25.1 Å². The number of hydrogen-bond donors (Lipinski definition) is 0. The summed E-state index contributed by atoms with van der Waals surface area (Å²) in [6.07, 6.45) is 0.940. The number of aryl methyl sites for hydroxylation is 1. The average Bonchev–Trinajstić information content (AvgIpc) is 2.65. The second-order valence-electron chi connectivity index (χ2n) is 4.09. The lowest BCUT2D eigenvalue weighted by Crippen LogP contribution is -1.94. The molecule has 1 aromatic carbocycles. The lowest BCUT2D eigenvalue weighted by atomic mass is 10.1. The fraction of sp³-hybridized carbons (Fsp3) is 0.357. The third-order valence-electron chi connectivity index (χ3n) is 2.71. The predicted octanol–water partition coefficient (Wildman–Crippen LogP) is 3.73. The van der Waals surface area contributed by atoms with Gasteiger partial charge in [0.05, 0.1) is 6.61 Å². The van der Waals surface area contributed by atoms with E-state index in [0.717, 1.165) is 17.4 Å². The Hall–Kier alpha value is -1.77. The lowest BCUT2D eigenvalue weighted by molar-refractivity contribution is 0.0988. The molecular formula is C14H16O3. The van der Waals surface area contributed by atoms with Crippen LogP contribution in [0.15, 0.2) is 22.6 Å². The summed E-state index contributed by atoms with van der Waals surface area (Å²) in [5.74, 6) is 1.08. The molecule has 17 heavy (non-hydrogen) atoms. The van der Waals surface area contributed by atoms with E-state index in [0.29, 0.717) is 23.7 Å². The Bertz CT molecular complexity index is 552. The maximum absolute atomic E-state index is 11.4. The van der Waals surface area contributed by atoms with Crippen LogP contribution in [0.3, 0.4) is 0 Å². The molecule has 0 fully saturated rings. The summed E-state index contributed by atoms with van der Waals surface area (Å²) >= 11 is 0. The third-order valence-corrected chi connectivity index (χ3v) is 2.71. The van der Waals surface area contributed by atoms with E-state index in [1.165, 1.54) is 6.92 Å². The smallest absolute Gasteiger partial charge is 0.195 e. The second-order valence-corrected chi connectivity index (χ2v) is 4.09. The number of para-hydroxylation sites is 1. The normalized spacial score (nSPS) is 10.8. The van der Waals surface area contributed by atoms with E-state index in [1.54, 1.807) is 0 Å². The van der Waals surface area contributed by atoms with Gasteiger partial charge in [0, 0.05) is 17.9 Å². The van der Waals surface area contributed by atoms with Crippen molar-refractivity contribution in [2.24, 2.45) is 0 Å². The summed E-state index contributed by atoms with van der Waals surface area (Å²) in [6.45, 7) is 6.10. The molecule has 0 aliphatic heterocycles. The van der Waals surface area contributed by atoms with Gasteiger partial charge in [0.15, 0.2) is 22.9 Å². The van der Waals surface area contributed by atoms with Crippen molar-refractivity contribution < 1.29 is 13.9 Å². The highest BCUT2D eigenvalue weighted by Gasteiger charge is 2.16. The number of carbonyl (C=O) groups excluding carboxylic acids is 1. The monoisotopic (exact) mass is 232 g/mol. The van der Waals surface area contributed by atoms with Crippen LogP contribution < -0.4 is 4.74 Å². The molecule has 1 aromatic heterocycles. The first-order valence-corrected chi connectivity index (χ1v) is 5.81. The topological polar surface area (TPSA) is 39.4 Å². The summed E-state index contributed by atoms with van der Waals surface area (Å²) in [4.78, 5) is 11.4. The Balaban J connectivity index is 2.56. The SMILES string of the molecule is CCCOc1cccc2c(C)c(C(C)=O)oc12. The molecule has 0 N–H and O–H groups in total. The molecule has 0 amide bonds. The van der Waals surface area contributed by atoms with Crippen LogP contribution in [0.2, 0.25) is 0 Å². The molecule has 0 spiro atoms. The van der Waals surface area contributed by atoms with Crippen LogP contribution in [0, 0.1) is 6.92 Å². The van der Waals surface area contributed by atoms with Crippen LogP contribution in [0.5, 0.6) is 5.75 Å². The van der Waals surface area contributed by atoms with Gasteiger partial charge in [-0.05, 0) is 19.4 Å². The molecule has 0 atom stereocenters. The Kier molecular flexibility index (Phi) is 3.18. The highest BCUT2D eigenvalue weighted by molar-refractivity contribution is 6.00. The molecule has 3 nitrogen and oxygen atoms in total. The van der Waals surface area contributed by atoms with Gasteiger partial charge in [0.2, 0.25) is 0 Å². The summed E-state index contributed by atoms with van der Waals surface area (Å²) < 4.78 is 11.2. The Morgan fingerprint density at radius 3 is 2.82 bits per heavy atom. The fourth-order valence-electron chi connectivity index (χ4n) is 1.88. The van der Waals surface area contributed by atoms with Gasteiger partial charge in [-0.2, -0.15) is 0 Å². The van der Waals surface area contributed by atoms with Gasteiger partial charge in [-0.25, -0.2) is 0 Å². The molecule has 1 heterocycles. The van der Waals surface area contributed by atoms with Crippen LogP contribution in [0.1, 0.15) is 36.4 Å². The minimum absolute atomic E-state index is 0.0554. The molecule has 3 heteroatoms. The summed E-state index contributed by atoms with van der Waals surface area (Å²) in [6, 6.07) is 5.73. The van der Waals surface area contributed by atoms with Crippen molar-refractivity contribution in [3.8, 4) is 5.75 Å². The van der Waals surface area contributed by atoms with Gasteiger partial charge in [0.1, 0.15) is 0 Å². The van der Waals surface area contributed by atoms with Gasteiger partial charge in [-0.3, -0.25) is 4.79 Å². The van der Waals surface area contributed by atoms with Crippen molar-refractivity contribution in [2.45, 2.75) is 27.2 Å². The first-order valence-electron chi connectivity index (χ1n) is 5.81.